The fourth-order valence-corrected chi connectivity index (χ4v) is 2.43. The van der Waals surface area contributed by atoms with Gasteiger partial charge in [-0.3, -0.25) is 4.98 Å². The van der Waals surface area contributed by atoms with Crippen LogP contribution < -0.4 is 0 Å². The van der Waals surface area contributed by atoms with Gasteiger partial charge in [-0.25, -0.2) is 0 Å². The third-order valence-electron chi connectivity index (χ3n) is 3.75. The Labute approximate surface area is 119 Å². The lowest BCUT2D eigenvalue weighted by Gasteiger charge is -2.10. The molecule has 1 nitrogen and oxygen atoms in total. The van der Waals surface area contributed by atoms with Gasteiger partial charge in [0.15, 0.2) is 0 Å². The Morgan fingerprint density at radius 1 is 0.750 bits per heavy atom. The first kappa shape index (κ1) is 12.6. The van der Waals surface area contributed by atoms with Gasteiger partial charge in [-0.2, -0.15) is 0 Å². The topological polar surface area (TPSA) is 12.9 Å². The molecule has 1 aromatic heterocycles. The Balaban J connectivity index is 2.10. The zero-order valence-electron chi connectivity index (χ0n) is 11.8. The average Bonchev–Trinajstić information content (AvgIpc) is 2.51. The predicted octanol–water partition coefficient (Wildman–Crippen LogP) is 5.03. The number of aryl methyl sites for hydroxylation is 1. The maximum atomic E-state index is 4.49. The molecule has 2 aromatic carbocycles. The monoisotopic (exact) mass is 259 g/mol. The zero-order chi connectivity index (χ0) is 13.9. The van der Waals surface area contributed by atoms with Crippen molar-refractivity contribution in [2.45, 2.75) is 13.8 Å². The highest BCUT2D eigenvalue weighted by atomic mass is 14.7. The average molecular weight is 259 g/mol. The van der Waals surface area contributed by atoms with Crippen LogP contribution in [0.1, 0.15) is 11.1 Å². The molecule has 3 rings (SSSR count). The van der Waals surface area contributed by atoms with Crippen LogP contribution in [-0.4, -0.2) is 4.98 Å². The van der Waals surface area contributed by atoms with Crippen LogP contribution in [0.4, 0.5) is 0 Å². The Morgan fingerprint density at radius 3 is 2.35 bits per heavy atom. The molecule has 1 heterocycles. The van der Waals surface area contributed by atoms with Gasteiger partial charge in [0.2, 0.25) is 0 Å². The number of nitrogens with zero attached hydrogens (tertiary/aromatic N) is 1. The van der Waals surface area contributed by atoms with Crippen LogP contribution in [0.5, 0.6) is 0 Å². The van der Waals surface area contributed by atoms with E-state index in [-0.39, 0.29) is 0 Å². The van der Waals surface area contributed by atoms with E-state index in [0.29, 0.717) is 0 Å². The van der Waals surface area contributed by atoms with Gasteiger partial charge in [0.05, 0.1) is 5.69 Å². The van der Waals surface area contributed by atoms with Crippen LogP contribution in [-0.2, 0) is 0 Å². The Kier molecular flexibility index (Phi) is 3.34. The maximum absolute atomic E-state index is 4.49. The molecule has 0 spiro atoms. The summed E-state index contributed by atoms with van der Waals surface area (Å²) in [6.45, 7) is 4.32. The first-order chi connectivity index (χ1) is 9.75. The van der Waals surface area contributed by atoms with Crippen molar-refractivity contribution in [3.63, 3.8) is 0 Å². The summed E-state index contributed by atoms with van der Waals surface area (Å²) >= 11 is 0. The molecule has 0 unspecified atom stereocenters. The lowest BCUT2D eigenvalue weighted by molar-refractivity contribution is 1.30. The SMILES string of the molecule is Cc1cccc(-c2ccnc(-c3ccccc3)c2)c1C. The minimum Gasteiger partial charge on any atom is -0.256 e. The molecular weight excluding hydrogens is 242 g/mol. The Hall–Kier alpha value is -2.41. The van der Waals surface area contributed by atoms with Crippen LogP contribution in [0.2, 0.25) is 0 Å². The smallest absolute Gasteiger partial charge is 0.0708 e. The molecule has 0 fully saturated rings. The highest BCUT2D eigenvalue weighted by Gasteiger charge is 2.06. The van der Waals surface area contributed by atoms with E-state index in [1.165, 1.54) is 22.3 Å². The second-order valence-corrected chi connectivity index (χ2v) is 5.04. The van der Waals surface area contributed by atoms with E-state index in [1.807, 2.05) is 24.4 Å². The van der Waals surface area contributed by atoms with Crippen molar-refractivity contribution in [2.24, 2.45) is 0 Å². The molecule has 0 aliphatic rings. The number of pyridine rings is 1. The van der Waals surface area contributed by atoms with E-state index in [0.717, 1.165) is 11.3 Å². The predicted molar refractivity (Wildman–Crippen MR) is 84.6 cm³/mol. The quantitative estimate of drug-likeness (QED) is 0.628. The second kappa shape index (κ2) is 5.30. The maximum Gasteiger partial charge on any atom is 0.0708 e. The highest BCUT2D eigenvalue weighted by Crippen LogP contribution is 2.28. The molecule has 20 heavy (non-hydrogen) atoms. The molecule has 0 saturated carbocycles. The molecule has 0 aliphatic carbocycles. The fourth-order valence-electron chi connectivity index (χ4n) is 2.43. The summed E-state index contributed by atoms with van der Waals surface area (Å²) in [6.07, 6.45) is 1.89. The molecule has 0 N–H and O–H groups in total. The van der Waals surface area contributed by atoms with Crippen molar-refractivity contribution in [1.82, 2.24) is 4.98 Å². The van der Waals surface area contributed by atoms with E-state index in [1.54, 1.807) is 0 Å². The van der Waals surface area contributed by atoms with Crippen molar-refractivity contribution >= 4 is 0 Å². The first-order valence-corrected chi connectivity index (χ1v) is 6.84. The number of hydrogen-bond acceptors (Lipinski definition) is 1. The molecule has 0 atom stereocenters. The third kappa shape index (κ3) is 2.35. The van der Waals surface area contributed by atoms with Gasteiger partial charge in [0, 0.05) is 11.8 Å². The van der Waals surface area contributed by atoms with E-state index >= 15 is 0 Å². The highest BCUT2D eigenvalue weighted by molar-refractivity contribution is 5.73. The van der Waals surface area contributed by atoms with Crippen molar-refractivity contribution in [2.75, 3.05) is 0 Å². The van der Waals surface area contributed by atoms with Gasteiger partial charge in [0.1, 0.15) is 0 Å². The van der Waals surface area contributed by atoms with E-state index in [2.05, 4.69) is 61.3 Å². The summed E-state index contributed by atoms with van der Waals surface area (Å²) in [5.41, 5.74) is 7.33. The summed E-state index contributed by atoms with van der Waals surface area (Å²) < 4.78 is 0. The third-order valence-corrected chi connectivity index (χ3v) is 3.75. The molecule has 3 aromatic rings. The summed E-state index contributed by atoms with van der Waals surface area (Å²) in [7, 11) is 0. The van der Waals surface area contributed by atoms with Gasteiger partial charge in [-0.05, 0) is 48.2 Å². The molecule has 0 amide bonds. The van der Waals surface area contributed by atoms with Crippen molar-refractivity contribution in [3.05, 3.63) is 78.0 Å². The summed E-state index contributed by atoms with van der Waals surface area (Å²) in [5, 5.41) is 0. The first-order valence-electron chi connectivity index (χ1n) is 6.84. The molecular formula is C19H17N. The molecule has 0 aliphatic heterocycles. The molecule has 1 heteroatoms. The number of rotatable bonds is 2. The normalized spacial score (nSPS) is 10.5. The van der Waals surface area contributed by atoms with Gasteiger partial charge in [-0.15, -0.1) is 0 Å². The second-order valence-electron chi connectivity index (χ2n) is 5.04. The number of aromatic nitrogens is 1. The number of hydrogen-bond donors (Lipinski definition) is 0. The molecule has 98 valence electrons. The van der Waals surface area contributed by atoms with E-state index < -0.39 is 0 Å². The Bertz CT molecular complexity index is 730. The van der Waals surface area contributed by atoms with Gasteiger partial charge in [-0.1, -0.05) is 48.5 Å². The minimum atomic E-state index is 1.02. The van der Waals surface area contributed by atoms with Crippen molar-refractivity contribution < 1.29 is 0 Å². The lowest BCUT2D eigenvalue weighted by atomic mass is 9.96. The van der Waals surface area contributed by atoms with Crippen LogP contribution in [0.15, 0.2) is 66.9 Å². The molecule has 0 radical (unpaired) electrons. The van der Waals surface area contributed by atoms with Gasteiger partial charge < -0.3 is 0 Å². The molecule has 0 bridgehead atoms. The summed E-state index contributed by atoms with van der Waals surface area (Å²) in [4.78, 5) is 4.49. The van der Waals surface area contributed by atoms with Crippen molar-refractivity contribution in [3.8, 4) is 22.4 Å². The zero-order valence-corrected chi connectivity index (χ0v) is 11.8. The van der Waals surface area contributed by atoms with Gasteiger partial charge in [0.25, 0.3) is 0 Å². The number of benzene rings is 2. The molecule has 0 saturated heterocycles. The van der Waals surface area contributed by atoms with Crippen LogP contribution in [0, 0.1) is 13.8 Å². The van der Waals surface area contributed by atoms with E-state index in [4.69, 9.17) is 0 Å². The largest absolute Gasteiger partial charge is 0.256 e. The Morgan fingerprint density at radius 2 is 1.55 bits per heavy atom. The summed E-state index contributed by atoms with van der Waals surface area (Å²) in [5.74, 6) is 0. The van der Waals surface area contributed by atoms with Crippen molar-refractivity contribution in [1.29, 1.82) is 0 Å². The van der Waals surface area contributed by atoms with E-state index in [9.17, 15) is 0 Å². The fraction of sp³-hybridized carbons (Fsp3) is 0.105. The van der Waals surface area contributed by atoms with Crippen LogP contribution in [0.25, 0.3) is 22.4 Å². The van der Waals surface area contributed by atoms with Gasteiger partial charge >= 0.3 is 0 Å². The summed E-state index contributed by atoms with van der Waals surface area (Å²) in [6, 6.07) is 21.0. The standard InChI is InChI=1S/C19H17N/c1-14-7-6-10-18(15(14)2)17-11-12-20-19(13-17)16-8-4-3-5-9-16/h3-13H,1-2H3. The van der Waals surface area contributed by atoms with Crippen LogP contribution >= 0.6 is 0 Å². The minimum absolute atomic E-state index is 1.02. The lowest BCUT2D eigenvalue weighted by Crippen LogP contribution is -1.89. The van der Waals surface area contributed by atoms with Crippen LogP contribution in [0.3, 0.4) is 0 Å².